The van der Waals surface area contributed by atoms with E-state index in [0.717, 1.165) is 0 Å². The first-order valence-electron chi connectivity index (χ1n) is 7.08. The molecule has 8 heteroatoms. The van der Waals surface area contributed by atoms with Crippen molar-refractivity contribution >= 4 is 28.1 Å². The zero-order valence-corrected chi connectivity index (χ0v) is 14.7. The number of hydrogen-bond acceptors (Lipinski definition) is 5. The topological polar surface area (TPSA) is 92.9 Å². The summed E-state index contributed by atoms with van der Waals surface area (Å²) in [6, 6.07) is 6.23. The molecular formula is C16H16BrN3O4. The lowest BCUT2D eigenvalue weighted by molar-refractivity contribution is 0.0953. The average Bonchev–Trinajstić information content (AvgIpc) is 2.54. The van der Waals surface area contributed by atoms with Gasteiger partial charge in [-0.15, -0.1) is 0 Å². The Morgan fingerprint density at radius 2 is 2.25 bits per heavy atom. The van der Waals surface area contributed by atoms with Crippen LogP contribution in [0.15, 0.2) is 44.8 Å². The summed E-state index contributed by atoms with van der Waals surface area (Å²) in [5, 5.41) is 13.7. The van der Waals surface area contributed by atoms with Crippen LogP contribution >= 0.6 is 15.9 Å². The quantitative estimate of drug-likeness (QED) is 0.600. The van der Waals surface area contributed by atoms with Crippen molar-refractivity contribution in [3.63, 3.8) is 0 Å². The average molecular weight is 394 g/mol. The lowest BCUT2D eigenvalue weighted by Gasteiger charge is -2.08. The van der Waals surface area contributed by atoms with Gasteiger partial charge in [0, 0.05) is 13.2 Å². The zero-order chi connectivity index (χ0) is 17.7. The smallest absolute Gasteiger partial charge is 0.276 e. The highest BCUT2D eigenvalue weighted by Gasteiger charge is 2.10. The molecule has 0 bridgehead atoms. The van der Waals surface area contributed by atoms with E-state index in [4.69, 9.17) is 4.74 Å². The number of rotatable bonds is 5. The monoisotopic (exact) mass is 393 g/mol. The summed E-state index contributed by atoms with van der Waals surface area (Å²) >= 11 is 3.22. The Morgan fingerprint density at radius 1 is 1.50 bits per heavy atom. The van der Waals surface area contributed by atoms with Crippen molar-refractivity contribution in [1.29, 1.82) is 0 Å². The Kier molecular flexibility index (Phi) is 5.75. The van der Waals surface area contributed by atoms with Crippen molar-refractivity contribution < 1.29 is 14.6 Å². The zero-order valence-electron chi connectivity index (χ0n) is 13.1. The van der Waals surface area contributed by atoms with Gasteiger partial charge in [0.2, 0.25) is 0 Å². The molecule has 0 spiro atoms. The summed E-state index contributed by atoms with van der Waals surface area (Å²) < 4.78 is 7.06. The van der Waals surface area contributed by atoms with E-state index >= 15 is 0 Å². The van der Waals surface area contributed by atoms with Crippen LogP contribution in [0.5, 0.6) is 11.5 Å². The van der Waals surface area contributed by atoms with Crippen molar-refractivity contribution in [2.24, 2.45) is 12.1 Å². The van der Waals surface area contributed by atoms with Crippen LogP contribution in [-0.4, -0.2) is 28.4 Å². The minimum atomic E-state index is -0.602. The molecule has 0 unspecified atom stereocenters. The Labute approximate surface area is 146 Å². The Balaban J connectivity index is 2.16. The molecule has 1 heterocycles. The van der Waals surface area contributed by atoms with Crippen LogP contribution in [0.25, 0.3) is 0 Å². The highest BCUT2D eigenvalue weighted by molar-refractivity contribution is 9.10. The van der Waals surface area contributed by atoms with E-state index in [0.29, 0.717) is 22.4 Å². The molecule has 0 fully saturated rings. The van der Waals surface area contributed by atoms with Crippen LogP contribution in [0.1, 0.15) is 22.8 Å². The lowest BCUT2D eigenvalue weighted by Crippen LogP contribution is -2.29. The van der Waals surface area contributed by atoms with Gasteiger partial charge in [0.15, 0.2) is 11.5 Å². The molecule has 0 aliphatic heterocycles. The van der Waals surface area contributed by atoms with E-state index in [9.17, 15) is 14.7 Å². The van der Waals surface area contributed by atoms with Gasteiger partial charge in [0.25, 0.3) is 11.5 Å². The molecule has 0 atom stereocenters. The Hall–Kier alpha value is -2.61. The third-order valence-corrected chi connectivity index (χ3v) is 3.70. The number of phenols is 1. The molecule has 0 radical (unpaired) electrons. The standard InChI is InChI=1S/C16H16BrN3O4/c1-3-24-13-8-10(7-12(17)14(13)21)9-18-19-15(22)11-5-4-6-20(2)16(11)23/h4-9,21H,3H2,1-2H3,(H,19,22)/b18-9-. The van der Waals surface area contributed by atoms with Crippen molar-refractivity contribution in [1.82, 2.24) is 9.99 Å². The molecular weight excluding hydrogens is 378 g/mol. The highest BCUT2D eigenvalue weighted by Crippen LogP contribution is 2.34. The minimum absolute atomic E-state index is 0.000887. The molecule has 2 N–H and O–H groups in total. The lowest BCUT2D eigenvalue weighted by atomic mass is 10.2. The molecule has 0 saturated heterocycles. The van der Waals surface area contributed by atoms with Gasteiger partial charge in [-0.25, -0.2) is 5.43 Å². The van der Waals surface area contributed by atoms with E-state index in [1.165, 1.54) is 16.8 Å². The number of nitrogens with one attached hydrogen (secondary N) is 1. The molecule has 24 heavy (non-hydrogen) atoms. The van der Waals surface area contributed by atoms with Crippen LogP contribution in [0.4, 0.5) is 0 Å². The normalized spacial score (nSPS) is 10.8. The van der Waals surface area contributed by atoms with Crippen LogP contribution in [0, 0.1) is 0 Å². The van der Waals surface area contributed by atoms with E-state index in [-0.39, 0.29) is 11.3 Å². The fraction of sp³-hybridized carbons (Fsp3) is 0.188. The van der Waals surface area contributed by atoms with Crippen LogP contribution in [0.3, 0.4) is 0 Å². The number of ether oxygens (including phenoxy) is 1. The molecule has 1 aromatic heterocycles. The third kappa shape index (κ3) is 4.02. The van der Waals surface area contributed by atoms with Gasteiger partial charge >= 0.3 is 0 Å². The number of aryl methyl sites for hydroxylation is 1. The Morgan fingerprint density at radius 3 is 2.96 bits per heavy atom. The molecule has 0 saturated carbocycles. The molecule has 2 rings (SSSR count). The number of pyridine rings is 1. The second kappa shape index (κ2) is 7.78. The minimum Gasteiger partial charge on any atom is -0.503 e. The fourth-order valence-electron chi connectivity index (χ4n) is 1.93. The number of aromatic nitrogens is 1. The number of aromatic hydroxyl groups is 1. The molecule has 126 valence electrons. The van der Waals surface area contributed by atoms with Gasteiger partial charge < -0.3 is 14.4 Å². The van der Waals surface area contributed by atoms with Gasteiger partial charge in [0.05, 0.1) is 17.3 Å². The molecule has 2 aromatic rings. The fourth-order valence-corrected chi connectivity index (χ4v) is 2.39. The number of hydrazone groups is 1. The van der Waals surface area contributed by atoms with Crippen molar-refractivity contribution in [2.45, 2.75) is 6.92 Å². The summed E-state index contributed by atoms with van der Waals surface area (Å²) in [5.74, 6) is -0.308. The Bertz CT molecular complexity index is 846. The number of benzene rings is 1. The summed E-state index contributed by atoms with van der Waals surface area (Å²) in [4.78, 5) is 23.8. The number of carbonyl (C=O) groups excluding carboxylic acids is 1. The van der Waals surface area contributed by atoms with Crippen LogP contribution in [-0.2, 0) is 7.05 Å². The van der Waals surface area contributed by atoms with E-state index in [1.807, 2.05) is 0 Å². The highest BCUT2D eigenvalue weighted by atomic mass is 79.9. The molecule has 7 nitrogen and oxygen atoms in total. The summed E-state index contributed by atoms with van der Waals surface area (Å²) in [6.07, 6.45) is 2.95. The number of nitrogens with zero attached hydrogens (tertiary/aromatic N) is 2. The number of carbonyl (C=O) groups is 1. The maximum absolute atomic E-state index is 12.0. The third-order valence-electron chi connectivity index (χ3n) is 3.10. The SMILES string of the molecule is CCOc1cc(/C=N\NC(=O)c2cccn(C)c2=O)cc(Br)c1O. The molecule has 1 aromatic carbocycles. The number of phenolic OH excluding ortho intramolecular Hbond substituents is 1. The van der Waals surface area contributed by atoms with Gasteiger partial charge in [-0.1, -0.05) is 0 Å². The molecule has 1 amide bonds. The number of amides is 1. The summed E-state index contributed by atoms with van der Waals surface area (Å²) in [7, 11) is 1.56. The molecule has 0 aliphatic rings. The predicted octanol–water partition coefficient (Wildman–Crippen LogP) is 2.02. The summed E-state index contributed by atoms with van der Waals surface area (Å²) in [5.41, 5.74) is 2.49. The van der Waals surface area contributed by atoms with Crippen molar-refractivity contribution in [2.75, 3.05) is 6.61 Å². The van der Waals surface area contributed by atoms with Gasteiger partial charge in [0.1, 0.15) is 5.56 Å². The number of hydrogen-bond donors (Lipinski definition) is 2. The summed E-state index contributed by atoms with van der Waals surface area (Å²) in [6.45, 7) is 2.20. The van der Waals surface area contributed by atoms with Crippen molar-refractivity contribution in [3.05, 3.63) is 56.4 Å². The van der Waals surface area contributed by atoms with Crippen molar-refractivity contribution in [3.8, 4) is 11.5 Å². The maximum atomic E-state index is 12.0. The first kappa shape index (κ1) is 17.7. The van der Waals surface area contributed by atoms with Gasteiger partial charge in [-0.05, 0) is 52.7 Å². The van der Waals surface area contributed by atoms with Crippen LogP contribution in [0.2, 0.25) is 0 Å². The first-order chi connectivity index (χ1) is 11.4. The molecule has 0 aliphatic carbocycles. The van der Waals surface area contributed by atoms with E-state index in [1.54, 1.807) is 38.4 Å². The van der Waals surface area contributed by atoms with Crippen LogP contribution < -0.4 is 15.7 Å². The van der Waals surface area contributed by atoms with Gasteiger partial charge in [-0.3, -0.25) is 9.59 Å². The second-order valence-corrected chi connectivity index (χ2v) is 5.67. The maximum Gasteiger partial charge on any atom is 0.276 e. The second-order valence-electron chi connectivity index (χ2n) is 4.82. The largest absolute Gasteiger partial charge is 0.503 e. The predicted molar refractivity (Wildman–Crippen MR) is 93.7 cm³/mol. The number of halogens is 1. The van der Waals surface area contributed by atoms with E-state index in [2.05, 4.69) is 26.5 Å². The first-order valence-corrected chi connectivity index (χ1v) is 7.87. The van der Waals surface area contributed by atoms with E-state index < -0.39 is 11.5 Å². The van der Waals surface area contributed by atoms with Gasteiger partial charge in [-0.2, -0.15) is 5.10 Å².